The van der Waals surface area contributed by atoms with Gasteiger partial charge in [0, 0.05) is 34.5 Å². The number of hydrogen-bond acceptors (Lipinski definition) is 3. The van der Waals surface area contributed by atoms with E-state index in [4.69, 9.17) is 0 Å². The van der Waals surface area contributed by atoms with Crippen molar-refractivity contribution in [3.8, 4) is 0 Å². The first-order valence-electron chi connectivity index (χ1n) is 5.96. The maximum atomic E-state index is 11.6. The molecule has 5 heteroatoms. The fourth-order valence-corrected chi connectivity index (χ4v) is 2.12. The zero-order chi connectivity index (χ0) is 13.4. The zero-order valence-electron chi connectivity index (χ0n) is 10.8. The Balaban J connectivity index is 2.23. The van der Waals surface area contributed by atoms with Crippen LogP contribution in [-0.4, -0.2) is 34.7 Å². The van der Waals surface area contributed by atoms with E-state index in [1.807, 2.05) is 37.3 Å². The van der Waals surface area contributed by atoms with Gasteiger partial charge in [0.05, 0.1) is 6.54 Å². The van der Waals surface area contributed by atoms with Crippen molar-refractivity contribution in [1.82, 2.24) is 5.32 Å². The molecule has 0 fully saturated rings. The standard InChI is InChI=1S/C13H20N2O2S/c1-11(8-9-18(2)17)14-10-13(16)15-12-6-4-3-5-7-12/h3-7,11,14H,8-10H2,1-2H3,(H,15,16). The van der Waals surface area contributed by atoms with Gasteiger partial charge in [-0.15, -0.1) is 0 Å². The molecule has 4 nitrogen and oxygen atoms in total. The maximum absolute atomic E-state index is 11.6. The number of benzene rings is 1. The molecular formula is C13H20N2O2S. The van der Waals surface area contributed by atoms with Crippen molar-refractivity contribution in [3.05, 3.63) is 30.3 Å². The summed E-state index contributed by atoms with van der Waals surface area (Å²) in [6.07, 6.45) is 2.50. The fraction of sp³-hybridized carbons (Fsp3) is 0.462. The average Bonchev–Trinajstić information content (AvgIpc) is 2.35. The second-order valence-electron chi connectivity index (χ2n) is 4.26. The summed E-state index contributed by atoms with van der Waals surface area (Å²) in [6.45, 7) is 2.26. The second kappa shape index (κ2) is 8.00. The third kappa shape index (κ3) is 6.51. The molecule has 0 aliphatic rings. The molecular weight excluding hydrogens is 248 g/mol. The van der Waals surface area contributed by atoms with E-state index >= 15 is 0 Å². The molecule has 2 N–H and O–H groups in total. The predicted octanol–water partition coefficient (Wildman–Crippen LogP) is 1.37. The smallest absolute Gasteiger partial charge is 0.238 e. The summed E-state index contributed by atoms with van der Waals surface area (Å²) in [6, 6.07) is 9.55. The number of anilines is 1. The van der Waals surface area contributed by atoms with Crippen LogP contribution in [0.15, 0.2) is 30.3 Å². The number of rotatable bonds is 7. The normalized spacial score (nSPS) is 13.9. The van der Waals surface area contributed by atoms with Crippen molar-refractivity contribution in [2.24, 2.45) is 0 Å². The van der Waals surface area contributed by atoms with Crippen molar-refractivity contribution in [3.63, 3.8) is 0 Å². The molecule has 0 aliphatic heterocycles. The molecule has 0 saturated heterocycles. The van der Waals surface area contributed by atoms with Crippen molar-refractivity contribution < 1.29 is 9.00 Å². The molecule has 2 unspecified atom stereocenters. The molecule has 1 aromatic carbocycles. The van der Waals surface area contributed by atoms with Crippen molar-refractivity contribution in [1.29, 1.82) is 0 Å². The van der Waals surface area contributed by atoms with Crippen molar-refractivity contribution >= 4 is 22.4 Å². The highest BCUT2D eigenvalue weighted by Gasteiger charge is 2.06. The van der Waals surface area contributed by atoms with E-state index in [1.54, 1.807) is 6.26 Å². The van der Waals surface area contributed by atoms with E-state index < -0.39 is 10.8 Å². The first-order valence-corrected chi connectivity index (χ1v) is 7.69. The summed E-state index contributed by atoms with van der Waals surface area (Å²) in [7, 11) is -0.772. The van der Waals surface area contributed by atoms with E-state index in [1.165, 1.54) is 0 Å². The second-order valence-corrected chi connectivity index (χ2v) is 5.82. The third-order valence-electron chi connectivity index (χ3n) is 2.51. The molecule has 2 atom stereocenters. The SMILES string of the molecule is CC(CCS(C)=O)NCC(=O)Nc1ccccc1. The van der Waals surface area contributed by atoms with Gasteiger partial charge in [-0.1, -0.05) is 18.2 Å². The van der Waals surface area contributed by atoms with Crippen LogP contribution in [0.25, 0.3) is 0 Å². The Morgan fingerprint density at radius 2 is 2.00 bits per heavy atom. The minimum Gasteiger partial charge on any atom is -0.325 e. The summed E-state index contributed by atoms with van der Waals surface area (Å²) in [5.74, 6) is 0.597. The van der Waals surface area contributed by atoms with Gasteiger partial charge in [-0.2, -0.15) is 0 Å². The van der Waals surface area contributed by atoms with Gasteiger partial charge in [-0.25, -0.2) is 0 Å². The summed E-state index contributed by atoms with van der Waals surface area (Å²) >= 11 is 0. The number of hydrogen-bond donors (Lipinski definition) is 2. The number of amides is 1. The largest absolute Gasteiger partial charge is 0.325 e. The van der Waals surface area contributed by atoms with Crippen LogP contribution in [0.4, 0.5) is 5.69 Å². The lowest BCUT2D eigenvalue weighted by Gasteiger charge is -2.12. The van der Waals surface area contributed by atoms with Crippen LogP contribution < -0.4 is 10.6 Å². The van der Waals surface area contributed by atoms with Crippen LogP contribution in [0, 0.1) is 0 Å². The molecule has 0 bridgehead atoms. The molecule has 100 valence electrons. The van der Waals surface area contributed by atoms with Gasteiger partial charge < -0.3 is 10.6 Å². The lowest BCUT2D eigenvalue weighted by atomic mass is 10.2. The Bertz CT molecular complexity index is 395. The summed E-state index contributed by atoms with van der Waals surface area (Å²) in [5.41, 5.74) is 0.798. The summed E-state index contributed by atoms with van der Waals surface area (Å²) in [4.78, 5) is 11.6. The topological polar surface area (TPSA) is 58.2 Å². The first-order chi connectivity index (χ1) is 8.58. The number of carbonyl (C=O) groups excluding carboxylic acids is 1. The van der Waals surface area contributed by atoms with E-state index in [0.29, 0.717) is 5.75 Å². The minimum absolute atomic E-state index is 0.0642. The lowest BCUT2D eigenvalue weighted by Crippen LogP contribution is -2.35. The van der Waals surface area contributed by atoms with Gasteiger partial charge in [0.25, 0.3) is 0 Å². The lowest BCUT2D eigenvalue weighted by molar-refractivity contribution is -0.115. The van der Waals surface area contributed by atoms with Crippen molar-refractivity contribution in [2.45, 2.75) is 19.4 Å². The first kappa shape index (κ1) is 14.9. The van der Waals surface area contributed by atoms with Gasteiger partial charge in [-0.3, -0.25) is 9.00 Å². The highest BCUT2D eigenvalue weighted by atomic mass is 32.2. The van der Waals surface area contributed by atoms with Crippen molar-refractivity contribution in [2.75, 3.05) is 23.9 Å². The molecule has 0 radical (unpaired) electrons. The van der Waals surface area contributed by atoms with Gasteiger partial charge >= 0.3 is 0 Å². The molecule has 0 spiro atoms. The molecule has 0 aliphatic carbocycles. The molecule has 1 amide bonds. The Morgan fingerprint density at radius 3 is 2.61 bits per heavy atom. The molecule has 0 heterocycles. The van der Waals surface area contributed by atoms with E-state index in [-0.39, 0.29) is 18.5 Å². The van der Waals surface area contributed by atoms with Crippen LogP contribution in [-0.2, 0) is 15.6 Å². The zero-order valence-corrected chi connectivity index (χ0v) is 11.6. The monoisotopic (exact) mass is 268 g/mol. The highest BCUT2D eigenvalue weighted by molar-refractivity contribution is 7.84. The Kier molecular flexibility index (Phi) is 6.60. The summed E-state index contributed by atoms with van der Waals surface area (Å²) in [5, 5.41) is 5.91. The van der Waals surface area contributed by atoms with Gasteiger partial charge in [0.15, 0.2) is 0 Å². The molecule has 18 heavy (non-hydrogen) atoms. The van der Waals surface area contributed by atoms with Gasteiger partial charge in [0.2, 0.25) is 5.91 Å². The van der Waals surface area contributed by atoms with Crippen LogP contribution in [0.3, 0.4) is 0 Å². The van der Waals surface area contributed by atoms with E-state index in [9.17, 15) is 9.00 Å². The van der Waals surface area contributed by atoms with Crippen LogP contribution in [0.1, 0.15) is 13.3 Å². The minimum atomic E-state index is -0.772. The van der Waals surface area contributed by atoms with Crippen LogP contribution in [0.5, 0.6) is 0 Å². The third-order valence-corrected chi connectivity index (χ3v) is 3.32. The number of nitrogens with one attached hydrogen (secondary N) is 2. The number of carbonyl (C=O) groups is 1. The van der Waals surface area contributed by atoms with E-state index in [0.717, 1.165) is 12.1 Å². The fourth-order valence-electron chi connectivity index (χ4n) is 1.44. The maximum Gasteiger partial charge on any atom is 0.238 e. The average molecular weight is 268 g/mol. The number of para-hydroxylation sites is 1. The molecule has 0 aromatic heterocycles. The highest BCUT2D eigenvalue weighted by Crippen LogP contribution is 2.04. The molecule has 0 saturated carbocycles. The molecule has 1 rings (SSSR count). The summed E-state index contributed by atoms with van der Waals surface area (Å²) < 4.78 is 10.9. The molecule has 1 aromatic rings. The quantitative estimate of drug-likeness (QED) is 0.785. The van der Waals surface area contributed by atoms with E-state index in [2.05, 4.69) is 10.6 Å². The van der Waals surface area contributed by atoms with Gasteiger partial charge in [-0.05, 0) is 25.5 Å². The van der Waals surface area contributed by atoms with Crippen LogP contribution in [0.2, 0.25) is 0 Å². The predicted molar refractivity (Wildman–Crippen MR) is 76.1 cm³/mol. The van der Waals surface area contributed by atoms with Gasteiger partial charge in [0.1, 0.15) is 0 Å². The Hall–Kier alpha value is -1.20. The van der Waals surface area contributed by atoms with Crippen LogP contribution >= 0.6 is 0 Å². The Morgan fingerprint density at radius 1 is 1.33 bits per heavy atom. The Labute approximate surface area is 111 Å².